The van der Waals surface area contributed by atoms with Gasteiger partial charge in [-0.1, -0.05) is 25.1 Å². The first-order chi connectivity index (χ1) is 10.7. The highest BCUT2D eigenvalue weighted by atomic mass is 16.5. The molecule has 3 heteroatoms. The third kappa shape index (κ3) is 4.21. The second-order valence-electron chi connectivity index (χ2n) is 5.87. The minimum Gasteiger partial charge on any atom is -0.497 e. The van der Waals surface area contributed by atoms with Crippen molar-refractivity contribution in [2.75, 3.05) is 13.7 Å². The molecule has 0 saturated heterocycles. The maximum atomic E-state index is 8.95. The monoisotopic (exact) mass is 301 g/mol. The van der Waals surface area contributed by atoms with Gasteiger partial charge in [-0.2, -0.15) is 0 Å². The Morgan fingerprint density at radius 3 is 2.55 bits per heavy atom. The summed E-state index contributed by atoms with van der Waals surface area (Å²) in [5, 5.41) is 15.1. The molecule has 0 fully saturated rings. The van der Waals surface area contributed by atoms with Gasteiger partial charge in [0.1, 0.15) is 5.75 Å². The lowest BCUT2D eigenvalue weighted by Crippen LogP contribution is -2.30. The normalized spacial score (nSPS) is 14.0. The summed E-state index contributed by atoms with van der Waals surface area (Å²) >= 11 is 0. The summed E-state index contributed by atoms with van der Waals surface area (Å²) in [6.07, 6.45) is 2.89. The van der Waals surface area contributed by atoms with E-state index >= 15 is 0 Å². The molecule has 120 valence electrons. The van der Waals surface area contributed by atoms with Crippen molar-refractivity contribution in [2.45, 2.75) is 45.2 Å². The SMILES string of the molecule is CCC(NC(C)CCCO)c1ccc2cc(OC)ccc2c1. The van der Waals surface area contributed by atoms with E-state index in [0.29, 0.717) is 12.1 Å². The van der Waals surface area contributed by atoms with Crippen LogP contribution < -0.4 is 10.1 Å². The molecule has 0 spiro atoms. The van der Waals surface area contributed by atoms with Crippen LogP contribution in [0.2, 0.25) is 0 Å². The van der Waals surface area contributed by atoms with Gasteiger partial charge in [-0.15, -0.1) is 0 Å². The molecule has 2 N–H and O–H groups in total. The molecule has 2 aromatic rings. The van der Waals surface area contributed by atoms with Gasteiger partial charge in [0.2, 0.25) is 0 Å². The average molecular weight is 301 g/mol. The standard InChI is InChI=1S/C19H27NO2/c1-4-19(20-14(2)6-5-11-21)17-8-7-16-13-18(22-3)10-9-15(16)12-17/h7-10,12-14,19-21H,4-6,11H2,1-3H3. The number of ether oxygens (including phenoxy) is 1. The van der Waals surface area contributed by atoms with Crippen LogP contribution in [0.1, 0.15) is 44.7 Å². The molecule has 0 amide bonds. The van der Waals surface area contributed by atoms with Crippen LogP contribution in [0.5, 0.6) is 5.75 Å². The van der Waals surface area contributed by atoms with E-state index in [1.807, 2.05) is 6.07 Å². The Morgan fingerprint density at radius 2 is 1.86 bits per heavy atom. The number of benzene rings is 2. The largest absolute Gasteiger partial charge is 0.497 e. The van der Waals surface area contributed by atoms with Gasteiger partial charge in [-0.05, 0) is 60.7 Å². The van der Waals surface area contributed by atoms with Crippen molar-refractivity contribution in [3.63, 3.8) is 0 Å². The minimum absolute atomic E-state index is 0.265. The number of hydrogen-bond acceptors (Lipinski definition) is 3. The molecule has 0 saturated carbocycles. The van der Waals surface area contributed by atoms with Gasteiger partial charge >= 0.3 is 0 Å². The van der Waals surface area contributed by atoms with Gasteiger partial charge in [0.05, 0.1) is 7.11 Å². The Labute approximate surface area is 133 Å². The maximum absolute atomic E-state index is 8.95. The molecule has 2 aromatic carbocycles. The molecule has 0 bridgehead atoms. The van der Waals surface area contributed by atoms with Crippen molar-refractivity contribution < 1.29 is 9.84 Å². The molecule has 22 heavy (non-hydrogen) atoms. The molecule has 0 aromatic heterocycles. The fraction of sp³-hybridized carbons (Fsp3) is 0.474. The van der Waals surface area contributed by atoms with Crippen LogP contribution in [0.25, 0.3) is 10.8 Å². The van der Waals surface area contributed by atoms with Crippen molar-refractivity contribution in [3.05, 3.63) is 42.0 Å². The van der Waals surface area contributed by atoms with Crippen LogP contribution in [0.4, 0.5) is 0 Å². The lowest BCUT2D eigenvalue weighted by atomic mass is 9.99. The van der Waals surface area contributed by atoms with Crippen LogP contribution >= 0.6 is 0 Å². The molecule has 0 aliphatic heterocycles. The summed E-state index contributed by atoms with van der Waals surface area (Å²) in [6.45, 7) is 4.65. The molecule has 0 aliphatic rings. The number of methoxy groups -OCH3 is 1. The van der Waals surface area contributed by atoms with Gasteiger partial charge in [0, 0.05) is 18.7 Å². The maximum Gasteiger partial charge on any atom is 0.119 e. The smallest absolute Gasteiger partial charge is 0.119 e. The highest BCUT2D eigenvalue weighted by Crippen LogP contribution is 2.26. The Bertz CT molecular complexity index is 597. The van der Waals surface area contributed by atoms with Crippen molar-refractivity contribution in [1.82, 2.24) is 5.32 Å². The van der Waals surface area contributed by atoms with Crippen molar-refractivity contribution in [3.8, 4) is 5.75 Å². The Hall–Kier alpha value is -1.58. The van der Waals surface area contributed by atoms with E-state index in [4.69, 9.17) is 9.84 Å². The third-order valence-electron chi connectivity index (χ3n) is 4.16. The zero-order valence-corrected chi connectivity index (χ0v) is 13.8. The van der Waals surface area contributed by atoms with E-state index in [1.54, 1.807) is 7.11 Å². The third-order valence-corrected chi connectivity index (χ3v) is 4.16. The summed E-state index contributed by atoms with van der Waals surface area (Å²) in [7, 11) is 1.69. The Kier molecular flexibility index (Phi) is 6.22. The molecular formula is C19H27NO2. The molecule has 2 rings (SSSR count). The molecule has 0 heterocycles. The molecule has 2 unspecified atom stereocenters. The van der Waals surface area contributed by atoms with Crippen LogP contribution in [0.3, 0.4) is 0 Å². The van der Waals surface area contributed by atoms with Crippen LogP contribution in [-0.2, 0) is 0 Å². The van der Waals surface area contributed by atoms with Gasteiger partial charge in [0.25, 0.3) is 0 Å². The second-order valence-corrected chi connectivity index (χ2v) is 5.87. The molecule has 3 nitrogen and oxygen atoms in total. The number of nitrogens with one attached hydrogen (secondary N) is 1. The summed E-state index contributed by atoms with van der Waals surface area (Å²) in [6, 6.07) is 13.6. The average Bonchev–Trinajstić information content (AvgIpc) is 2.56. The van der Waals surface area contributed by atoms with Crippen LogP contribution in [0.15, 0.2) is 36.4 Å². The van der Waals surface area contributed by atoms with Gasteiger partial charge in [-0.25, -0.2) is 0 Å². The van der Waals surface area contributed by atoms with Crippen molar-refractivity contribution in [1.29, 1.82) is 0 Å². The van der Waals surface area contributed by atoms with Gasteiger partial charge in [0.15, 0.2) is 0 Å². The molecule has 0 radical (unpaired) electrons. The molecular weight excluding hydrogens is 274 g/mol. The summed E-state index contributed by atoms with van der Waals surface area (Å²) < 4.78 is 5.28. The number of aliphatic hydroxyl groups excluding tert-OH is 1. The van der Waals surface area contributed by atoms with E-state index < -0.39 is 0 Å². The fourth-order valence-corrected chi connectivity index (χ4v) is 2.86. The highest BCUT2D eigenvalue weighted by Gasteiger charge is 2.13. The van der Waals surface area contributed by atoms with E-state index in [0.717, 1.165) is 25.0 Å². The summed E-state index contributed by atoms with van der Waals surface area (Å²) in [5.41, 5.74) is 1.32. The first-order valence-electron chi connectivity index (χ1n) is 8.12. The van der Waals surface area contributed by atoms with Gasteiger partial charge in [-0.3, -0.25) is 0 Å². The fourth-order valence-electron chi connectivity index (χ4n) is 2.86. The van der Waals surface area contributed by atoms with Gasteiger partial charge < -0.3 is 15.2 Å². The number of hydrogen-bond donors (Lipinski definition) is 2. The summed E-state index contributed by atoms with van der Waals surface area (Å²) in [5.74, 6) is 0.892. The van der Waals surface area contributed by atoms with Crippen molar-refractivity contribution in [2.24, 2.45) is 0 Å². The predicted molar refractivity (Wildman–Crippen MR) is 92.4 cm³/mol. The number of fused-ring (bicyclic) bond motifs is 1. The number of aliphatic hydroxyl groups is 1. The van der Waals surface area contributed by atoms with E-state index in [1.165, 1.54) is 16.3 Å². The molecule has 2 atom stereocenters. The minimum atomic E-state index is 0.265. The molecule has 0 aliphatic carbocycles. The quantitative estimate of drug-likeness (QED) is 0.773. The van der Waals surface area contributed by atoms with E-state index in [9.17, 15) is 0 Å². The zero-order chi connectivity index (χ0) is 15.9. The first-order valence-corrected chi connectivity index (χ1v) is 8.12. The second kappa shape index (κ2) is 8.16. The van der Waals surface area contributed by atoms with Crippen LogP contribution in [-0.4, -0.2) is 24.9 Å². The van der Waals surface area contributed by atoms with E-state index in [2.05, 4.69) is 49.5 Å². The van der Waals surface area contributed by atoms with Crippen LogP contribution in [0, 0.1) is 0 Å². The zero-order valence-electron chi connectivity index (χ0n) is 13.8. The van der Waals surface area contributed by atoms with E-state index in [-0.39, 0.29) is 6.61 Å². The Morgan fingerprint density at radius 1 is 1.14 bits per heavy atom. The number of rotatable bonds is 8. The summed E-state index contributed by atoms with van der Waals surface area (Å²) in [4.78, 5) is 0. The lowest BCUT2D eigenvalue weighted by molar-refractivity contribution is 0.273. The highest BCUT2D eigenvalue weighted by molar-refractivity contribution is 5.84. The topological polar surface area (TPSA) is 41.5 Å². The first kappa shape index (κ1) is 16.8. The lowest BCUT2D eigenvalue weighted by Gasteiger charge is -2.23. The Balaban J connectivity index is 2.16. The predicted octanol–water partition coefficient (Wildman–Crippen LogP) is 4.05. The van der Waals surface area contributed by atoms with Crippen molar-refractivity contribution >= 4 is 10.8 Å².